The van der Waals surface area contributed by atoms with Crippen LogP contribution in [0.2, 0.25) is 0 Å². The number of carbonyl (C=O) groups excluding carboxylic acids is 1. The number of pyridine rings is 1. The number of H-pyrrole nitrogens is 1. The number of nitrogens with one attached hydrogen (secondary N) is 2. The van der Waals surface area contributed by atoms with Crippen LogP contribution in [0.1, 0.15) is 68.8 Å². The molecular formula is C21H29N3O2. The van der Waals surface area contributed by atoms with E-state index in [0.717, 1.165) is 17.7 Å². The van der Waals surface area contributed by atoms with Crippen molar-refractivity contribution < 1.29 is 4.79 Å². The molecule has 0 aromatic carbocycles. The van der Waals surface area contributed by atoms with Crippen molar-refractivity contribution in [2.45, 2.75) is 72.8 Å². The predicted molar refractivity (Wildman–Crippen MR) is 101 cm³/mol. The molecule has 0 spiro atoms. The van der Waals surface area contributed by atoms with Crippen molar-refractivity contribution >= 4 is 5.91 Å². The van der Waals surface area contributed by atoms with E-state index in [-0.39, 0.29) is 33.9 Å². The molecule has 2 aliphatic rings. The zero-order valence-electron chi connectivity index (χ0n) is 16.5. The zero-order chi connectivity index (χ0) is 19.3. The Morgan fingerprint density at radius 1 is 1.35 bits per heavy atom. The molecular weight excluding hydrogens is 326 g/mol. The minimum absolute atomic E-state index is 0.0584. The quantitative estimate of drug-likeness (QED) is 0.870. The molecule has 0 radical (unpaired) electrons. The highest BCUT2D eigenvalue weighted by Gasteiger charge is 2.61. The molecule has 140 valence electrons. The van der Waals surface area contributed by atoms with Crippen molar-refractivity contribution in [3.63, 3.8) is 0 Å². The van der Waals surface area contributed by atoms with Crippen LogP contribution in [0.3, 0.4) is 0 Å². The van der Waals surface area contributed by atoms with Crippen LogP contribution in [0.5, 0.6) is 0 Å². The summed E-state index contributed by atoms with van der Waals surface area (Å²) in [4.78, 5) is 27.1. The van der Waals surface area contributed by atoms with Crippen LogP contribution in [-0.4, -0.2) is 16.9 Å². The zero-order valence-corrected chi connectivity index (χ0v) is 16.5. The first-order valence-electron chi connectivity index (χ1n) is 9.53. The summed E-state index contributed by atoms with van der Waals surface area (Å²) in [6, 6.07) is 2.21. The van der Waals surface area contributed by atoms with Gasteiger partial charge >= 0.3 is 0 Å². The SMILES string of the molecule is Cc1[nH]c(=O)c(C#N)c(C)c1CCC(=O)N[C@@H]1C[C@H]2CC[C@@]1(C)C2(C)C. The van der Waals surface area contributed by atoms with Crippen LogP contribution in [0.25, 0.3) is 0 Å². The summed E-state index contributed by atoms with van der Waals surface area (Å²) >= 11 is 0. The Kier molecular flexibility index (Phi) is 4.50. The number of fused-ring (bicyclic) bond motifs is 2. The van der Waals surface area contributed by atoms with Gasteiger partial charge in [-0.3, -0.25) is 9.59 Å². The maximum Gasteiger partial charge on any atom is 0.266 e. The van der Waals surface area contributed by atoms with E-state index >= 15 is 0 Å². The van der Waals surface area contributed by atoms with E-state index in [0.29, 0.717) is 24.3 Å². The molecule has 1 heterocycles. The fourth-order valence-corrected chi connectivity index (χ4v) is 5.35. The smallest absolute Gasteiger partial charge is 0.266 e. The van der Waals surface area contributed by atoms with E-state index in [1.807, 2.05) is 13.0 Å². The van der Waals surface area contributed by atoms with Gasteiger partial charge < -0.3 is 10.3 Å². The summed E-state index contributed by atoms with van der Waals surface area (Å²) in [5, 5.41) is 12.5. The van der Waals surface area contributed by atoms with Gasteiger partial charge in [-0.25, -0.2) is 0 Å². The van der Waals surface area contributed by atoms with E-state index in [1.165, 1.54) is 12.8 Å². The number of amides is 1. The van der Waals surface area contributed by atoms with Gasteiger partial charge in [0.05, 0.1) is 0 Å². The number of hydrogen-bond acceptors (Lipinski definition) is 3. The van der Waals surface area contributed by atoms with Crippen molar-refractivity contribution in [3.05, 3.63) is 32.7 Å². The second-order valence-electron chi connectivity index (χ2n) is 8.90. The number of nitriles is 1. The Balaban J connectivity index is 1.68. The summed E-state index contributed by atoms with van der Waals surface area (Å²) in [6.07, 6.45) is 4.42. The summed E-state index contributed by atoms with van der Waals surface area (Å²) < 4.78 is 0. The highest BCUT2D eigenvalue weighted by atomic mass is 16.1. The molecule has 2 bridgehead atoms. The van der Waals surface area contributed by atoms with Crippen molar-refractivity contribution in [2.24, 2.45) is 16.7 Å². The van der Waals surface area contributed by atoms with E-state index < -0.39 is 0 Å². The second-order valence-corrected chi connectivity index (χ2v) is 8.90. The van der Waals surface area contributed by atoms with Gasteiger partial charge in [-0.2, -0.15) is 5.26 Å². The van der Waals surface area contributed by atoms with Crippen LogP contribution in [-0.2, 0) is 11.2 Å². The molecule has 1 aromatic rings. The largest absolute Gasteiger partial charge is 0.353 e. The molecule has 0 saturated heterocycles. The molecule has 2 fully saturated rings. The van der Waals surface area contributed by atoms with Gasteiger partial charge in [0, 0.05) is 18.2 Å². The molecule has 3 rings (SSSR count). The summed E-state index contributed by atoms with van der Waals surface area (Å²) in [6.45, 7) is 10.6. The van der Waals surface area contributed by atoms with Gasteiger partial charge in [0.1, 0.15) is 11.6 Å². The molecule has 5 nitrogen and oxygen atoms in total. The van der Waals surface area contributed by atoms with Gasteiger partial charge in [0.15, 0.2) is 0 Å². The molecule has 1 amide bonds. The number of aryl methyl sites for hydroxylation is 1. The Bertz CT molecular complexity index is 846. The van der Waals surface area contributed by atoms with Crippen LogP contribution in [0.4, 0.5) is 0 Å². The summed E-state index contributed by atoms with van der Waals surface area (Å²) in [7, 11) is 0. The number of carbonyl (C=O) groups is 1. The molecule has 5 heteroatoms. The number of nitrogens with zero attached hydrogens (tertiary/aromatic N) is 1. The van der Waals surface area contributed by atoms with Crippen LogP contribution in [0.15, 0.2) is 4.79 Å². The van der Waals surface area contributed by atoms with Gasteiger partial charge in [-0.05, 0) is 67.4 Å². The van der Waals surface area contributed by atoms with Gasteiger partial charge in [0.2, 0.25) is 5.91 Å². The number of rotatable bonds is 4. The average molecular weight is 355 g/mol. The lowest BCUT2D eigenvalue weighted by molar-refractivity contribution is -0.122. The fourth-order valence-electron chi connectivity index (χ4n) is 5.35. The van der Waals surface area contributed by atoms with Crippen LogP contribution in [0, 0.1) is 41.9 Å². The van der Waals surface area contributed by atoms with E-state index in [1.54, 1.807) is 6.92 Å². The van der Waals surface area contributed by atoms with E-state index in [2.05, 4.69) is 31.1 Å². The highest BCUT2D eigenvalue weighted by Crippen LogP contribution is 2.65. The summed E-state index contributed by atoms with van der Waals surface area (Å²) in [5.41, 5.74) is 2.57. The molecule has 3 atom stereocenters. The lowest BCUT2D eigenvalue weighted by Gasteiger charge is -2.39. The number of aromatic amines is 1. The third-order valence-corrected chi connectivity index (χ3v) is 7.65. The minimum Gasteiger partial charge on any atom is -0.353 e. The third kappa shape index (κ3) is 2.67. The Hall–Kier alpha value is -2.09. The van der Waals surface area contributed by atoms with Crippen LogP contribution >= 0.6 is 0 Å². The van der Waals surface area contributed by atoms with E-state index in [9.17, 15) is 14.9 Å². The number of aromatic nitrogens is 1. The topological polar surface area (TPSA) is 85.8 Å². The first kappa shape index (κ1) is 18.7. The number of hydrogen-bond donors (Lipinski definition) is 2. The molecule has 2 N–H and O–H groups in total. The van der Waals surface area contributed by atoms with Crippen molar-refractivity contribution in [2.75, 3.05) is 0 Å². The lowest BCUT2D eigenvalue weighted by Crippen LogP contribution is -2.46. The normalized spacial score (nSPS) is 28.8. The maximum atomic E-state index is 12.6. The second kappa shape index (κ2) is 6.26. The molecule has 1 aromatic heterocycles. The van der Waals surface area contributed by atoms with Gasteiger partial charge in [-0.15, -0.1) is 0 Å². The van der Waals surface area contributed by atoms with E-state index in [4.69, 9.17) is 0 Å². The highest BCUT2D eigenvalue weighted by molar-refractivity contribution is 5.77. The van der Waals surface area contributed by atoms with Gasteiger partial charge in [-0.1, -0.05) is 20.8 Å². The standard InChI is InChI=1S/C21H29N3O2/c1-12-15(13(2)23-19(26)16(12)11-22)6-7-18(25)24-17-10-14-8-9-21(17,5)20(14,3)4/h14,17H,6-10H2,1-5H3,(H,23,26)(H,24,25)/t14-,17-,21-/m1/s1. The molecule has 2 saturated carbocycles. The van der Waals surface area contributed by atoms with Crippen molar-refractivity contribution in [1.29, 1.82) is 5.26 Å². The van der Waals surface area contributed by atoms with Crippen molar-refractivity contribution in [1.82, 2.24) is 10.3 Å². The van der Waals surface area contributed by atoms with Crippen LogP contribution < -0.4 is 10.9 Å². The lowest BCUT2D eigenvalue weighted by atomic mass is 9.69. The fraction of sp³-hybridized carbons (Fsp3) is 0.667. The summed E-state index contributed by atoms with van der Waals surface area (Å²) in [5.74, 6) is 0.753. The first-order valence-corrected chi connectivity index (χ1v) is 9.53. The molecule has 0 aliphatic heterocycles. The Labute approximate surface area is 155 Å². The molecule has 0 unspecified atom stereocenters. The maximum absolute atomic E-state index is 12.6. The minimum atomic E-state index is -0.354. The molecule has 2 aliphatic carbocycles. The monoisotopic (exact) mass is 355 g/mol. The predicted octanol–water partition coefficient (Wildman–Crippen LogP) is 3.13. The van der Waals surface area contributed by atoms with Crippen molar-refractivity contribution in [3.8, 4) is 6.07 Å². The Morgan fingerprint density at radius 2 is 2.04 bits per heavy atom. The first-order chi connectivity index (χ1) is 12.1. The third-order valence-electron chi connectivity index (χ3n) is 7.65. The van der Waals surface area contributed by atoms with Gasteiger partial charge in [0.25, 0.3) is 5.56 Å². The average Bonchev–Trinajstić information content (AvgIpc) is 2.88. The molecule has 26 heavy (non-hydrogen) atoms. The Morgan fingerprint density at radius 3 is 2.58 bits per heavy atom.